The Morgan fingerprint density at radius 3 is 2.73 bits per heavy atom. The summed E-state index contributed by atoms with van der Waals surface area (Å²) in [6, 6.07) is 4.74. The molecule has 1 aromatic carbocycles. The number of nitrogens with one attached hydrogen (secondary N) is 1. The Labute approximate surface area is 161 Å². The van der Waals surface area contributed by atoms with E-state index in [1.54, 1.807) is 19.2 Å². The highest BCUT2D eigenvalue weighted by atomic mass is 35.5. The van der Waals surface area contributed by atoms with Gasteiger partial charge in [-0.25, -0.2) is 9.37 Å². The molecule has 0 radical (unpaired) electrons. The number of benzene rings is 1. The molecule has 0 spiro atoms. The van der Waals surface area contributed by atoms with E-state index in [1.807, 2.05) is 0 Å². The van der Waals surface area contributed by atoms with Gasteiger partial charge in [-0.15, -0.1) is 0 Å². The van der Waals surface area contributed by atoms with Crippen molar-refractivity contribution in [1.82, 2.24) is 19.6 Å². The standard InChI is InChI=1S/C17H22ClFN6S/c1-3-15-22-17(26-23-15)25-8-6-24(7-9-25)16(20-2)21-11-12-4-5-14(19)13(18)10-12/h4-5,10H,3,6-9,11H2,1-2H3,(H,20,21). The number of piperazine rings is 1. The molecule has 1 N–H and O–H groups in total. The second kappa shape index (κ2) is 8.64. The molecule has 0 saturated carbocycles. The van der Waals surface area contributed by atoms with Crippen LogP contribution < -0.4 is 10.2 Å². The normalized spacial score (nSPS) is 15.5. The van der Waals surface area contributed by atoms with E-state index in [0.29, 0.717) is 6.54 Å². The van der Waals surface area contributed by atoms with Crippen LogP contribution in [0.4, 0.5) is 9.52 Å². The highest BCUT2D eigenvalue weighted by Crippen LogP contribution is 2.19. The van der Waals surface area contributed by atoms with Gasteiger partial charge in [0.2, 0.25) is 5.13 Å². The van der Waals surface area contributed by atoms with Gasteiger partial charge >= 0.3 is 0 Å². The summed E-state index contributed by atoms with van der Waals surface area (Å²) >= 11 is 7.30. The molecule has 6 nitrogen and oxygen atoms in total. The molecule has 3 rings (SSSR count). The third-order valence-corrected chi connectivity index (χ3v) is 5.37. The maximum absolute atomic E-state index is 13.3. The maximum atomic E-state index is 13.3. The topological polar surface area (TPSA) is 56.7 Å². The fourth-order valence-electron chi connectivity index (χ4n) is 2.79. The number of aromatic nitrogens is 2. The molecular formula is C17H22ClFN6S. The van der Waals surface area contributed by atoms with Crippen LogP contribution in [0.1, 0.15) is 18.3 Å². The van der Waals surface area contributed by atoms with Crippen LogP contribution in [0.2, 0.25) is 5.02 Å². The highest BCUT2D eigenvalue weighted by Gasteiger charge is 2.22. The first-order valence-corrected chi connectivity index (χ1v) is 9.73. The van der Waals surface area contributed by atoms with E-state index in [-0.39, 0.29) is 5.02 Å². The molecule has 1 saturated heterocycles. The lowest BCUT2D eigenvalue weighted by atomic mass is 10.2. The Morgan fingerprint density at radius 1 is 1.35 bits per heavy atom. The van der Waals surface area contributed by atoms with Crippen molar-refractivity contribution in [2.45, 2.75) is 19.9 Å². The minimum atomic E-state index is -0.404. The fourth-order valence-corrected chi connectivity index (χ4v) is 3.79. The minimum Gasteiger partial charge on any atom is -0.352 e. The first-order valence-electron chi connectivity index (χ1n) is 8.57. The lowest BCUT2D eigenvalue weighted by Crippen LogP contribution is -2.52. The summed E-state index contributed by atoms with van der Waals surface area (Å²) in [5.41, 5.74) is 0.914. The van der Waals surface area contributed by atoms with Gasteiger partial charge in [0.25, 0.3) is 0 Å². The zero-order valence-electron chi connectivity index (χ0n) is 14.9. The number of rotatable bonds is 4. The van der Waals surface area contributed by atoms with Gasteiger partial charge in [-0.2, -0.15) is 4.37 Å². The smallest absolute Gasteiger partial charge is 0.205 e. The second-order valence-corrected chi connectivity index (χ2v) is 7.11. The number of hydrogen-bond acceptors (Lipinski definition) is 5. The van der Waals surface area contributed by atoms with Crippen molar-refractivity contribution in [3.05, 3.63) is 40.4 Å². The Bertz CT molecular complexity index is 772. The van der Waals surface area contributed by atoms with Crippen molar-refractivity contribution < 1.29 is 4.39 Å². The van der Waals surface area contributed by atoms with E-state index >= 15 is 0 Å². The third kappa shape index (κ3) is 4.42. The predicted molar refractivity (Wildman–Crippen MR) is 105 cm³/mol. The van der Waals surface area contributed by atoms with Crippen LogP contribution in [0.5, 0.6) is 0 Å². The van der Waals surface area contributed by atoms with Gasteiger partial charge in [-0.05, 0) is 17.7 Å². The Kier molecular flexibility index (Phi) is 6.26. The van der Waals surface area contributed by atoms with E-state index in [2.05, 4.69) is 36.4 Å². The molecule has 1 aliphatic heterocycles. The maximum Gasteiger partial charge on any atom is 0.205 e. The first-order chi connectivity index (χ1) is 12.6. The van der Waals surface area contributed by atoms with Gasteiger partial charge in [-0.1, -0.05) is 24.6 Å². The van der Waals surface area contributed by atoms with Crippen LogP contribution in [0.15, 0.2) is 23.2 Å². The van der Waals surface area contributed by atoms with E-state index < -0.39 is 5.82 Å². The SMILES string of the molecule is CCc1nsc(N2CCN(C(=NC)NCc3ccc(F)c(Cl)c3)CC2)n1. The quantitative estimate of drug-likeness (QED) is 0.636. The van der Waals surface area contributed by atoms with Crippen LogP contribution in [-0.4, -0.2) is 53.4 Å². The van der Waals surface area contributed by atoms with Crippen LogP contribution in [0.25, 0.3) is 0 Å². The molecule has 0 aliphatic carbocycles. The molecule has 1 fully saturated rings. The van der Waals surface area contributed by atoms with E-state index in [4.69, 9.17) is 11.6 Å². The monoisotopic (exact) mass is 396 g/mol. The van der Waals surface area contributed by atoms with Crippen molar-refractivity contribution in [2.24, 2.45) is 4.99 Å². The molecule has 2 aromatic rings. The minimum absolute atomic E-state index is 0.136. The number of aliphatic imine (C=N–C) groups is 1. The first kappa shape index (κ1) is 18.8. The molecular weight excluding hydrogens is 375 g/mol. The summed E-state index contributed by atoms with van der Waals surface area (Å²) in [6.07, 6.45) is 0.862. The van der Waals surface area contributed by atoms with E-state index in [9.17, 15) is 4.39 Å². The fraction of sp³-hybridized carbons (Fsp3) is 0.471. The summed E-state index contributed by atoms with van der Waals surface area (Å²) in [7, 11) is 1.77. The van der Waals surface area contributed by atoms with Gasteiger partial charge in [0.05, 0.1) is 5.02 Å². The van der Waals surface area contributed by atoms with E-state index in [1.165, 1.54) is 17.6 Å². The summed E-state index contributed by atoms with van der Waals surface area (Å²) in [4.78, 5) is 13.4. The van der Waals surface area contributed by atoms with Gasteiger partial charge in [-0.3, -0.25) is 4.99 Å². The Balaban J connectivity index is 1.54. The number of guanidine groups is 1. The molecule has 2 heterocycles. The number of aryl methyl sites for hydroxylation is 1. The molecule has 0 unspecified atom stereocenters. The van der Waals surface area contributed by atoms with Crippen LogP contribution in [0.3, 0.4) is 0 Å². The molecule has 1 aliphatic rings. The summed E-state index contributed by atoms with van der Waals surface area (Å²) in [5.74, 6) is 1.33. The largest absolute Gasteiger partial charge is 0.352 e. The molecule has 0 atom stereocenters. The predicted octanol–water partition coefficient (Wildman–Crippen LogP) is 2.79. The zero-order valence-corrected chi connectivity index (χ0v) is 16.4. The Morgan fingerprint density at radius 2 is 2.12 bits per heavy atom. The van der Waals surface area contributed by atoms with Gasteiger partial charge in [0.1, 0.15) is 11.6 Å². The van der Waals surface area contributed by atoms with Gasteiger partial charge < -0.3 is 15.1 Å². The molecule has 140 valence electrons. The van der Waals surface area contributed by atoms with E-state index in [0.717, 1.165) is 55.1 Å². The summed E-state index contributed by atoms with van der Waals surface area (Å²) < 4.78 is 17.6. The summed E-state index contributed by atoms with van der Waals surface area (Å²) in [6.45, 7) is 6.06. The van der Waals surface area contributed by atoms with Crippen LogP contribution >= 0.6 is 23.1 Å². The van der Waals surface area contributed by atoms with Crippen molar-refractivity contribution in [3.8, 4) is 0 Å². The average Bonchev–Trinajstić information content (AvgIpc) is 3.15. The van der Waals surface area contributed by atoms with Crippen LogP contribution in [-0.2, 0) is 13.0 Å². The number of nitrogens with zero attached hydrogens (tertiary/aromatic N) is 5. The van der Waals surface area contributed by atoms with Crippen molar-refractivity contribution in [1.29, 1.82) is 0 Å². The molecule has 26 heavy (non-hydrogen) atoms. The molecule has 1 aromatic heterocycles. The number of hydrogen-bond donors (Lipinski definition) is 1. The molecule has 0 bridgehead atoms. The summed E-state index contributed by atoms with van der Waals surface area (Å²) in [5, 5.41) is 4.45. The van der Waals surface area contributed by atoms with Crippen molar-refractivity contribution in [2.75, 3.05) is 38.1 Å². The second-order valence-electron chi connectivity index (χ2n) is 5.97. The third-order valence-electron chi connectivity index (χ3n) is 4.27. The average molecular weight is 397 g/mol. The highest BCUT2D eigenvalue weighted by molar-refractivity contribution is 7.09. The Hall–Kier alpha value is -1.93. The molecule has 0 amide bonds. The lowest BCUT2D eigenvalue weighted by molar-refractivity contribution is 0.372. The van der Waals surface area contributed by atoms with Crippen LogP contribution in [0, 0.1) is 5.82 Å². The number of halogens is 2. The van der Waals surface area contributed by atoms with Gasteiger partial charge in [0, 0.05) is 57.7 Å². The lowest BCUT2D eigenvalue weighted by Gasteiger charge is -2.36. The van der Waals surface area contributed by atoms with Gasteiger partial charge in [0.15, 0.2) is 5.96 Å². The number of anilines is 1. The zero-order chi connectivity index (χ0) is 18.5. The van der Waals surface area contributed by atoms with Crippen molar-refractivity contribution >= 4 is 34.2 Å². The molecule has 9 heteroatoms. The van der Waals surface area contributed by atoms with Crippen molar-refractivity contribution in [3.63, 3.8) is 0 Å².